The lowest BCUT2D eigenvalue weighted by atomic mass is 10.2. The summed E-state index contributed by atoms with van der Waals surface area (Å²) in [6.07, 6.45) is 0. The minimum absolute atomic E-state index is 0.0925. The third-order valence-corrected chi connectivity index (χ3v) is 2.59. The Morgan fingerprint density at radius 2 is 2.06 bits per heavy atom. The topological polar surface area (TPSA) is 61.2 Å². The second-order valence-corrected chi connectivity index (χ2v) is 3.55. The van der Waals surface area contributed by atoms with Crippen molar-refractivity contribution >= 4 is 16.9 Å². The molecule has 0 atom stereocenters. The number of carbonyl (C=O) groups is 1. The summed E-state index contributed by atoms with van der Waals surface area (Å²) in [5, 5.41) is 0.529. The molecule has 0 amide bonds. The van der Waals surface area contributed by atoms with Gasteiger partial charge in [0, 0.05) is 0 Å². The van der Waals surface area contributed by atoms with Crippen LogP contribution in [0.3, 0.4) is 0 Å². The van der Waals surface area contributed by atoms with E-state index >= 15 is 0 Å². The summed E-state index contributed by atoms with van der Waals surface area (Å²) in [7, 11) is 0. The third-order valence-electron chi connectivity index (χ3n) is 2.59. The van der Waals surface area contributed by atoms with E-state index in [1.165, 1.54) is 4.57 Å². The van der Waals surface area contributed by atoms with Crippen molar-refractivity contribution < 1.29 is 9.53 Å². The smallest absolute Gasteiger partial charge is 0.374 e. The lowest BCUT2D eigenvalue weighted by molar-refractivity contribution is 0.0406. The summed E-state index contributed by atoms with van der Waals surface area (Å²) in [5.41, 5.74) is 0.342. The molecule has 0 fully saturated rings. The van der Waals surface area contributed by atoms with Gasteiger partial charge in [0.05, 0.1) is 17.4 Å². The molecule has 5 nitrogen and oxygen atoms in total. The monoisotopic (exact) mass is 216 g/mol. The van der Waals surface area contributed by atoms with E-state index in [-0.39, 0.29) is 18.0 Å². The minimum atomic E-state index is -0.533. The number of fused-ring (bicyclic) bond motifs is 2. The van der Waals surface area contributed by atoms with E-state index in [1.54, 1.807) is 24.3 Å². The molecule has 0 radical (unpaired) electrons. The molecular weight excluding hydrogens is 208 g/mol. The summed E-state index contributed by atoms with van der Waals surface area (Å²) >= 11 is 0. The van der Waals surface area contributed by atoms with E-state index in [4.69, 9.17) is 4.74 Å². The number of para-hydroxylation sites is 1. The standard InChI is InChI=1S/C11H8N2O3/c14-10-7-3-1-2-4-8(7)12-9-11(15)16-6-5-13(9)10/h1-4H,5-6H2. The average molecular weight is 216 g/mol. The van der Waals surface area contributed by atoms with Gasteiger partial charge in [-0.3, -0.25) is 9.36 Å². The highest BCUT2D eigenvalue weighted by atomic mass is 16.5. The molecule has 0 saturated heterocycles. The molecule has 1 aromatic heterocycles. The highest BCUT2D eigenvalue weighted by Gasteiger charge is 2.22. The predicted molar refractivity (Wildman–Crippen MR) is 56.3 cm³/mol. The summed E-state index contributed by atoms with van der Waals surface area (Å²) in [5.74, 6) is -0.441. The van der Waals surface area contributed by atoms with E-state index in [1.807, 2.05) is 0 Å². The number of cyclic esters (lactones) is 1. The average Bonchev–Trinajstić information content (AvgIpc) is 2.31. The van der Waals surface area contributed by atoms with Crippen LogP contribution in [-0.2, 0) is 11.3 Å². The zero-order valence-electron chi connectivity index (χ0n) is 8.34. The zero-order valence-corrected chi connectivity index (χ0v) is 8.34. The fraction of sp³-hybridized carbons (Fsp3) is 0.182. The van der Waals surface area contributed by atoms with Crippen molar-refractivity contribution in [2.75, 3.05) is 6.61 Å². The molecule has 0 saturated carbocycles. The van der Waals surface area contributed by atoms with Gasteiger partial charge in [0.25, 0.3) is 5.56 Å². The fourth-order valence-corrected chi connectivity index (χ4v) is 1.83. The molecule has 0 bridgehead atoms. The van der Waals surface area contributed by atoms with Gasteiger partial charge in [-0.1, -0.05) is 12.1 Å². The predicted octanol–water partition coefficient (Wildman–Crippen LogP) is 0.567. The van der Waals surface area contributed by atoms with Crippen LogP contribution in [-0.4, -0.2) is 22.1 Å². The van der Waals surface area contributed by atoms with Crippen LogP contribution in [0.5, 0.6) is 0 Å². The van der Waals surface area contributed by atoms with E-state index in [0.717, 1.165) is 0 Å². The van der Waals surface area contributed by atoms with Gasteiger partial charge < -0.3 is 4.74 Å². The highest BCUT2D eigenvalue weighted by Crippen LogP contribution is 2.10. The van der Waals surface area contributed by atoms with Crippen LogP contribution < -0.4 is 5.56 Å². The number of aromatic nitrogens is 2. The van der Waals surface area contributed by atoms with Crippen molar-refractivity contribution in [3.8, 4) is 0 Å². The number of hydrogen-bond acceptors (Lipinski definition) is 4. The maximum Gasteiger partial charge on any atom is 0.374 e. The molecule has 0 spiro atoms. The van der Waals surface area contributed by atoms with Crippen LogP contribution in [0.2, 0.25) is 0 Å². The molecule has 16 heavy (non-hydrogen) atoms. The largest absolute Gasteiger partial charge is 0.458 e. The molecule has 0 unspecified atom stereocenters. The Morgan fingerprint density at radius 1 is 1.25 bits per heavy atom. The molecule has 1 aromatic carbocycles. The van der Waals surface area contributed by atoms with Crippen molar-refractivity contribution in [1.82, 2.24) is 9.55 Å². The molecule has 5 heteroatoms. The molecule has 2 heterocycles. The zero-order chi connectivity index (χ0) is 11.1. The van der Waals surface area contributed by atoms with Gasteiger partial charge in [-0.05, 0) is 12.1 Å². The quantitative estimate of drug-likeness (QED) is 0.604. The van der Waals surface area contributed by atoms with Crippen LogP contribution in [0.15, 0.2) is 29.1 Å². The number of hydrogen-bond donors (Lipinski definition) is 0. The maximum absolute atomic E-state index is 12.0. The number of nitrogens with zero attached hydrogens (tertiary/aromatic N) is 2. The van der Waals surface area contributed by atoms with Crippen molar-refractivity contribution in [2.24, 2.45) is 0 Å². The van der Waals surface area contributed by atoms with E-state index in [9.17, 15) is 9.59 Å². The molecule has 2 aromatic rings. The van der Waals surface area contributed by atoms with Gasteiger partial charge in [-0.15, -0.1) is 0 Å². The van der Waals surface area contributed by atoms with Crippen molar-refractivity contribution in [1.29, 1.82) is 0 Å². The minimum Gasteiger partial charge on any atom is -0.458 e. The number of rotatable bonds is 0. The second-order valence-electron chi connectivity index (χ2n) is 3.55. The van der Waals surface area contributed by atoms with Crippen LogP contribution in [0.4, 0.5) is 0 Å². The second kappa shape index (κ2) is 3.16. The Balaban J connectivity index is 2.45. The van der Waals surface area contributed by atoms with E-state index in [2.05, 4.69) is 4.98 Å². The van der Waals surface area contributed by atoms with Crippen LogP contribution in [0, 0.1) is 0 Å². The van der Waals surface area contributed by atoms with Crippen molar-refractivity contribution in [3.05, 3.63) is 40.4 Å². The molecular formula is C11H8N2O3. The lowest BCUT2D eigenvalue weighted by Gasteiger charge is -2.17. The van der Waals surface area contributed by atoms with Gasteiger partial charge in [-0.2, -0.15) is 0 Å². The number of esters is 1. The Morgan fingerprint density at radius 3 is 2.94 bits per heavy atom. The van der Waals surface area contributed by atoms with E-state index in [0.29, 0.717) is 17.4 Å². The Hall–Kier alpha value is -2.17. The first-order valence-corrected chi connectivity index (χ1v) is 4.94. The first-order chi connectivity index (χ1) is 7.77. The summed E-state index contributed by atoms with van der Waals surface area (Å²) in [4.78, 5) is 27.6. The van der Waals surface area contributed by atoms with Crippen molar-refractivity contribution in [3.63, 3.8) is 0 Å². The van der Waals surface area contributed by atoms with Crippen molar-refractivity contribution in [2.45, 2.75) is 6.54 Å². The molecule has 3 rings (SSSR count). The number of benzene rings is 1. The highest BCUT2D eigenvalue weighted by molar-refractivity contribution is 5.89. The Kier molecular flexibility index (Phi) is 1.80. The van der Waals surface area contributed by atoms with Gasteiger partial charge in [0.1, 0.15) is 6.61 Å². The molecule has 80 valence electrons. The molecule has 1 aliphatic rings. The molecule has 0 aliphatic carbocycles. The van der Waals surface area contributed by atoms with Crippen LogP contribution in [0.25, 0.3) is 10.9 Å². The Labute approximate surface area is 90.3 Å². The van der Waals surface area contributed by atoms with Gasteiger partial charge in [0.2, 0.25) is 5.82 Å². The number of carbonyl (C=O) groups excluding carboxylic acids is 1. The van der Waals surface area contributed by atoms with Gasteiger partial charge in [-0.25, -0.2) is 9.78 Å². The van der Waals surface area contributed by atoms with Crippen LogP contribution >= 0.6 is 0 Å². The van der Waals surface area contributed by atoms with E-state index < -0.39 is 5.97 Å². The summed E-state index contributed by atoms with van der Waals surface area (Å²) < 4.78 is 6.22. The lowest BCUT2D eigenvalue weighted by Crippen LogP contribution is -2.34. The number of ether oxygens (including phenoxy) is 1. The van der Waals surface area contributed by atoms with Gasteiger partial charge in [0.15, 0.2) is 0 Å². The Bertz CT molecular complexity index is 645. The van der Waals surface area contributed by atoms with Gasteiger partial charge >= 0.3 is 5.97 Å². The maximum atomic E-state index is 12.0. The third kappa shape index (κ3) is 1.14. The normalized spacial score (nSPS) is 14.6. The fourth-order valence-electron chi connectivity index (χ4n) is 1.83. The molecule has 0 N–H and O–H groups in total. The van der Waals surface area contributed by atoms with Crippen LogP contribution in [0.1, 0.15) is 10.6 Å². The summed E-state index contributed by atoms with van der Waals surface area (Å²) in [6, 6.07) is 6.97. The first kappa shape index (κ1) is 9.08. The first-order valence-electron chi connectivity index (χ1n) is 4.94. The SMILES string of the molecule is O=C1OCCn2c1nc1ccccc1c2=O. The summed E-state index contributed by atoms with van der Waals surface area (Å²) in [6.45, 7) is 0.601. The molecule has 1 aliphatic heterocycles.